The van der Waals surface area contributed by atoms with E-state index >= 15 is 0 Å². The van der Waals surface area contributed by atoms with Crippen molar-refractivity contribution < 1.29 is 35.8 Å². The van der Waals surface area contributed by atoms with Crippen LogP contribution in [0.15, 0.2) is 6.07 Å². The standard InChI is InChI=1S/C10H6F6N2O2/c1-19-8-7(20-10(14,15)16)5(2-3-17)4-6(18-8)9(11,12)13/h4H,2H2,1H3. The van der Waals surface area contributed by atoms with Gasteiger partial charge in [-0.15, -0.1) is 13.2 Å². The van der Waals surface area contributed by atoms with Crippen LogP contribution in [0.1, 0.15) is 11.3 Å². The van der Waals surface area contributed by atoms with E-state index in [9.17, 15) is 26.3 Å². The van der Waals surface area contributed by atoms with Crippen LogP contribution in [0.5, 0.6) is 11.6 Å². The lowest BCUT2D eigenvalue weighted by atomic mass is 10.1. The topological polar surface area (TPSA) is 55.1 Å². The van der Waals surface area contributed by atoms with Crippen molar-refractivity contribution >= 4 is 0 Å². The molecule has 110 valence electrons. The number of methoxy groups -OCH3 is 1. The van der Waals surface area contributed by atoms with E-state index in [1.165, 1.54) is 6.07 Å². The molecule has 0 aliphatic carbocycles. The maximum Gasteiger partial charge on any atom is 0.573 e. The van der Waals surface area contributed by atoms with Crippen molar-refractivity contribution in [1.29, 1.82) is 5.26 Å². The number of hydrogen-bond donors (Lipinski definition) is 0. The summed E-state index contributed by atoms with van der Waals surface area (Å²) in [6, 6.07) is 1.75. The van der Waals surface area contributed by atoms with E-state index < -0.39 is 41.8 Å². The highest BCUT2D eigenvalue weighted by Crippen LogP contribution is 2.38. The smallest absolute Gasteiger partial charge is 0.478 e. The Bertz CT molecular complexity index is 532. The Morgan fingerprint density at radius 3 is 2.25 bits per heavy atom. The highest BCUT2D eigenvalue weighted by Gasteiger charge is 2.38. The van der Waals surface area contributed by atoms with Gasteiger partial charge in [-0.25, -0.2) is 4.98 Å². The average molecular weight is 300 g/mol. The number of rotatable bonds is 3. The summed E-state index contributed by atoms with van der Waals surface area (Å²) < 4.78 is 82.1. The van der Waals surface area contributed by atoms with Crippen LogP contribution in [0.3, 0.4) is 0 Å². The molecule has 0 saturated heterocycles. The van der Waals surface area contributed by atoms with E-state index in [0.717, 1.165) is 7.11 Å². The molecule has 0 aliphatic rings. The average Bonchev–Trinajstić information content (AvgIpc) is 2.28. The van der Waals surface area contributed by atoms with Crippen LogP contribution in [0.25, 0.3) is 0 Å². The highest BCUT2D eigenvalue weighted by atomic mass is 19.4. The molecule has 0 aromatic carbocycles. The maximum atomic E-state index is 12.5. The second kappa shape index (κ2) is 5.44. The Labute approximate surface area is 108 Å². The van der Waals surface area contributed by atoms with Crippen LogP contribution >= 0.6 is 0 Å². The molecular weight excluding hydrogens is 294 g/mol. The van der Waals surface area contributed by atoms with Gasteiger partial charge in [0.1, 0.15) is 5.69 Å². The molecule has 0 atom stereocenters. The zero-order chi connectivity index (χ0) is 15.6. The van der Waals surface area contributed by atoms with Gasteiger partial charge in [0.2, 0.25) is 0 Å². The van der Waals surface area contributed by atoms with Gasteiger partial charge in [0.05, 0.1) is 19.6 Å². The first-order valence-electron chi connectivity index (χ1n) is 4.86. The van der Waals surface area contributed by atoms with E-state index in [2.05, 4.69) is 14.5 Å². The van der Waals surface area contributed by atoms with Crippen LogP contribution in [-0.4, -0.2) is 18.5 Å². The Morgan fingerprint density at radius 2 is 1.85 bits per heavy atom. The number of aromatic nitrogens is 1. The molecule has 4 nitrogen and oxygen atoms in total. The molecule has 0 radical (unpaired) electrons. The van der Waals surface area contributed by atoms with Crippen molar-refractivity contribution in [3.8, 4) is 17.7 Å². The summed E-state index contributed by atoms with van der Waals surface area (Å²) in [4.78, 5) is 2.91. The van der Waals surface area contributed by atoms with Crippen LogP contribution in [0.2, 0.25) is 0 Å². The molecule has 1 aromatic rings. The molecule has 0 fully saturated rings. The molecule has 20 heavy (non-hydrogen) atoms. The van der Waals surface area contributed by atoms with Crippen LogP contribution in [0, 0.1) is 11.3 Å². The first-order chi connectivity index (χ1) is 9.08. The molecule has 0 amide bonds. The van der Waals surface area contributed by atoms with Gasteiger partial charge in [-0.1, -0.05) is 0 Å². The SMILES string of the molecule is COc1nc(C(F)(F)F)cc(CC#N)c1OC(F)(F)F. The lowest BCUT2D eigenvalue weighted by Gasteiger charge is -2.16. The maximum absolute atomic E-state index is 12.5. The van der Waals surface area contributed by atoms with Crippen molar-refractivity contribution in [1.82, 2.24) is 4.98 Å². The number of nitriles is 1. The zero-order valence-electron chi connectivity index (χ0n) is 9.76. The summed E-state index contributed by atoms with van der Waals surface area (Å²) in [5.41, 5.74) is -2.10. The summed E-state index contributed by atoms with van der Waals surface area (Å²) in [7, 11) is 0.835. The van der Waals surface area contributed by atoms with E-state index in [0.29, 0.717) is 6.07 Å². The van der Waals surface area contributed by atoms with Crippen molar-refractivity contribution in [2.24, 2.45) is 0 Å². The van der Waals surface area contributed by atoms with Crippen LogP contribution < -0.4 is 9.47 Å². The third-order valence-corrected chi connectivity index (χ3v) is 1.99. The van der Waals surface area contributed by atoms with E-state index in [-0.39, 0.29) is 0 Å². The summed E-state index contributed by atoms with van der Waals surface area (Å²) in [5, 5.41) is 8.47. The van der Waals surface area contributed by atoms with E-state index in [1.54, 1.807) is 0 Å². The Morgan fingerprint density at radius 1 is 1.25 bits per heavy atom. The fourth-order valence-electron chi connectivity index (χ4n) is 1.29. The summed E-state index contributed by atoms with van der Waals surface area (Å²) in [6.07, 6.45) is -10.8. The number of halogens is 6. The molecule has 10 heteroatoms. The minimum absolute atomic E-state index is 0.312. The molecule has 1 heterocycles. The van der Waals surface area contributed by atoms with Crippen LogP contribution in [-0.2, 0) is 12.6 Å². The lowest BCUT2D eigenvalue weighted by Crippen LogP contribution is -2.20. The summed E-state index contributed by atoms with van der Waals surface area (Å²) in [6.45, 7) is 0. The van der Waals surface area contributed by atoms with Gasteiger partial charge >= 0.3 is 12.5 Å². The van der Waals surface area contributed by atoms with Crippen molar-refractivity contribution in [2.75, 3.05) is 7.11 Å². The van der Waals surface area contributed by atoms with Gasteiger partial charge < -0.3 is 9.47 Å². The number of nitrogens with zero attached hydrogens (tertiary/aromatic N) is 2. The Balaban J connectivity index is 3.45. The third-order valence-electron chi connectivity index (χ3n) is 1.99. The lowest BCUT2D eigenvalue weighted by molar-refractivity contribution is -0.275. The quantitative estimate of drug-likeness (QED) is 0.805. The Hall–Kier alpha value is -2.18. The van der Waals surface area contributed by atoms with Gasteiger partial charge in [-0.05, 0) is 6.07 Å². The number of hydrogen-bond acceptors (Lipinski definition) is 4. The van der Waals surface area contributed by atoms with E-state index in [1.807, 2.05) is 0 Å². The molecule has 0 saturated carbocycles. The van der Waals surface area contributed by atoms with Gasteiger partial charge in [0, 0.05) is 5.56 Å². The molecular formula is C10H6F6N2O2. The second-order valence-electron chi connectivity index (χ2n) is 3.39. The van der Waals surface area contributed by atoms with Crippen LogP contribution in [0.4, 0.5) is 26.3 Å². The normalized spacial score (nSPS) is 11.9. The number of pyridine rings is 1. The number of alkyl halides is 6. The minimum Gasteiger partial charge on any atom is -0.478 e. The van der Waals surface area contributed by atoms with Gasteiger partial charge in [0.25, 0.3) is 5.88 Å². The fourth-order valence-corrected chi connectivity index (χ4v) is 1.29. The van der Waals surface area contributed by atoms with Crippen molar-refractivity contribution in [2.45, 2.75) is 19.0 Å². The van der Waals surface area contributed by atoms with Gasteiger partial charge in [-0.3, -0.25) is 0 Å². The van der Waals surface area contributed by atoms with Gasteiger partial charge in [0.15, 0.2) is 5.75 Å². The monoisotopic (exact) mass is 300 g/mol. The number of ether oxygens (including phenoxy) is 2. The predicted molar refractivity (Wildman–Crippen MR) is 51.8 cm³/mol. The first-order valence-corrected chi connectivity index (χ1v) is 4.86. The molecule has 0 unspecified atom stereocenters. The Kier molecular flexibility index (Phi) is 4.32. The predicted octanol–water partition coefficient (Wildman–Crippen LogP) is 3.07. The highest BCUT2D eigenvalue weighted by molar-refractivity contribution is 5.45. The fraction of sp³-hybridized carbons (Fsp3) is 0.400. The zero-order valence-corrected chi connectivity index (χ0v) is 9.76. The summed E-state index contributed by atoms with van der Waals surface area (Å²) in [5.74, 6) is -2.06. The largest absolute Gasteiger partial charge is 0.573 e. The molecule has 0 N–H and O–H groups in total. The first kappa shape index (κ1) is 15.9. The molecule has 0 spiro atoms. The molecule has 0 bridgehead atoms. The van der Waals surface area contributed by atoms with Gasteiger partial charge in [-0.2, -0.15) is 18.4 Å². The minimum atomic E-state index is -5.15. The van der Waals surface area contributed by atoms with Crippen molar-refractivity contribution in [3.05, 3.63) is 17.3 Å². The molecule has 1 aromatic heterocycles. The molecule has 1 rings (SSSR count). The summed E-state index contributed by atoms with van der Waals surface area (Å²) >= 11 is 0. The third kappa shape index (κ3) is 3.91. The second-order valence-corrected chi connectivity index (χ2v) is 3.39. The van der Waals surface area contributed by atoms with E-state index in [4.69, 9.17) is 5.26 Å². The van der Waals surface area contributed by atoms with Crippen molar-refractivity contribution in [3.63, 3.8) is 0 Å². The molecule has 0 aliphatic heterocycles.